The molecule has 0 radical (unpaired) electrons. The maximum Gasteiger partial charge on any atom is 0.249 e. The molecule has 14 heteroatoms. The number of alkyl halides is 2. The molecule has 1 saturated carbocycles. The zero-order valence-electron chi connectivity index (χ0n) is 25.1. The van der Waals surface area contributed by atoms with E-state index in [1.54, 1.807) is 18.2 Å². The highest BCUT2D eigenvalue weighted by atomic mass is 35.5. The summed E-state index contributed by atoms with van der Waals surface area (Å²) in [5.74, 6) is -3.34. The first-order chi connectivity index (χ1) is 22.0. The number of fused-ring (bicyclic) bond motifs is 3. The van der Waals surface area contributed by atoms with Crippen LogP contribution in [0, 0.1) is 11.2 Å². The third-order valence-electron chi connectivity index (χ3n) is 10.0. The third-order valence-corrected chi connectivity index (χ3v) is 10.6. The van der Waals surface area contributed by atoms with Crippen LogP contribution in [0.15, 0.2) is 36.4 Å². The first-order valence-corrected chi connectivity index (χ1v) is 15.9. The van der Waals surface area contributed by atoms with Crippen molar-refractivity contribution in [2.45, 2.75) is 60.7 Å². The maximum absolute atomic E-state index is 16.0. The van der Waals surface area contributed by atoms with E-state index in [1.807, 2.05) is 0 Å². The predicted molar refractivity (Wildman–Crippen MR) is 165 cm³/mol. The second-order valence-electron chi connectivity index (χ2n) is 12.8. The fraction of sp³-hybridized carbons (Fsp3) is 0.531. The number of amides is 3. The lowest BCUT2D eigenvalue weighted by Crippen LogP contribution is -2.70. The summed E-state index contributed by atoms with van der Waals surface area (Å²) in [6.07, 6.45) is -0.158. The Kier molecular flexibility index (Phi) is 9.05. The Labute approximate surface area is 274 Å². The topological polar surface area (TPSA) is 118 Å². The number of hydrogen-bond acceptors (Lipinski definition) is 6. The second-order valence-corrected chi connectivity index (χ2v) is 13.6. The largest absolute Gasteiger partial charge is 0.383 e. The molecular formula is C32H35Cl2F3N4O5. The molecule has 9 nitrogen and oxygen atoms in total. The van der Waals surface area contributed by atoms with Crippen molar-refractivity contribution in [2.24, 2.45) is 5.41 Å². The van der Waals surface area contributed by atoms with E-state index < -0.39 is 71.5 Å². The quantitative estimate of drug-likeness (QED) is 0.298. The molecule has 1 aliphatic carbocycles. The van der Waals surface area contributed by atoms with Crippen LogP contribution in [0.3, 0.4) is 0 Å². The Bertz CT molecular complexity index is 1530. The van der Waals surface area contributed by atoms with Crippen LogP contribution in [0.25, 0.3) is 0 Å². The van der Waals surface area contributed by atoms with Gasteiger partial charge in [0.05, 0.1) is 43.7 Å². The van der Waals surface area contributed by atoms with Crippen molar-refractivity contribution in [3.05, 3.63) is 63.4 Å². The normalized spacial score (nSPS) is 28.9. The van der Waals surface area contributed by atoms with E-state index in [0.717, 1.165) is 0 Å². The van der Waals surface area contributed by atoms with Crippen molar-refractivity contribution in [1.82, 2.24) is 16.0 Å². The van der Waals surface area contributed by atoms with Gasteiger partial charge in [0.2, 0.25) is 17.7 Å². The molecule has 6 rings (SSSR count). The van der Waals surface area contributed by atoms with Crippen molar-refractivity contribution in [1.29, 1.82) is 0 Å². The van der Waals surface area contributed by atoms with Gasteiger partial charge in [-0.1, -0.05) is 41.4 Å². The standard InChI is InChI=1S/C32H35Cl2F3N4O5/c1-45-10-9-38-27(42)23-8-6-18(12-46-23)39-28(43)26-24(19-3-2-4-21(34)25(19)37)32(31(41-26)13-30(14-31,15-35)16-36)20-7-5-17(33)11-22(20)40-29(32)44/h2-5,7,11,18,23-24,26,41H,6,8-10,12-16H2,1H3,(H,38,42)(H,39,43)(H,40,44)/t18-,23+,24+,26-,32-/m1/s1. The summed E-state index contributed by atoms with van der Waals surface area (Å²) in [4.78, 5) is 41.1. The monoisotopic (exact) mass is 682 g/mol. The van der Waals surface area contributed by atoms with Crippen LogP contribution in [0.4, 0.5) is 18.9 Å². The lowest BCUT2D eigenvalue weighted by atomic mass is 9.46. The van der Waals surface area contributed by atoms with Gasteiger partial charge in [-0.05, 0) is 55.0 Å². The van der Waals surface area contributed by atoms with Gasteiger partial charge in [-0.25, -0.2) is 4.39 Å². The number of carbonyl (C=O) groups excluding carboxylic acids is 3. The number of ether oxygens (including phenoxy) is 2. The molecule has 4 N–H and O–H groups in total. The average Bonchev–Trinajstić information content (AvgIpc) is 3.49. The van der Waals surface area contributed by atoms with Crippen LogP contribution < -0.4 is 21.3 Å². The summed E-state index contributed by atoms with van der Waals surface area (Å²) in [5.41, 5.74) is -3.49. The molecule has 2 aromatic carbocycles. The van der Waals surface area contributed by atoms with Crippen LogP contribution >= 0.6 is 23.2 Å². The van der Waals surface area contributed by atoms with Crippen LogP contribution in [0.2, 0.25) is 10.0 Å². The molecule has 3 fully saturated rings. The van der Waals surface area contributed by atoms with Crippen molar-refractivity contribution < 1.29 is 37.0 Å². The van der Waals surface area contributed by atoms with Crippen molar-refractivity contribution in [2.75, 3.05) is 45.5 Å². The van der Waals surface area contributed by atoms with E-state index in [2.05, 4.69) is 21.3 Å². The fourth-order valence-corrected chi connectivity index (χ4v) is 8.47. The van der Waals surface area contributed by atoms with E-state index >= 15 is 4.39 Å². The lowest BCUT2D eigenvalue weighted by Gasteiger charge is -2.59. The second kappa shape index (κ2) is 12.6. The SMILES string of the molecule is COCCNC(=O)[C@@H]1CC[C@@H](NC(=O)[C@@H]2NC3(CC(CF)(CF)C3)[C@@]3(C(=O)Nc4cc(Cl)ccc43)[C@H]2c2cccc(Cl)c2F)CO1. The molecule has 2 spiro atoms. The Balaban J connectivity index is 1.37. The summed E-state index contributed by atoms with van der Waals surface area (Å²) in [6.45, 7) is -1.20. The van der Waals surface area contributed by atoms with Crippen molar-refractivity contribution in [3.8, 4) is 0 Å². The predicted octanol–water partition coefficient (Wildman–Crippen LogP) is 3.96. The highest BCUT2D eigenvalue weighted by Gasteiger charge is 2.78. The molecule has 46 heavy (non-hydrogen) atoms. The molecule has 2 saturated heterocycles. The Morgan fingerprint density at radius 1 is 1.11 bits per heavy atom. The van der Waals surface area contributed by atoms with E-state index in [4.69, 9.17) is 32.7 Å². The molecule has 5 atom stereocenters. The van der Waals surface area contributed by atoms with E-state index in [1.165, 1.54) is 25.3 Å². The van der Waals surface area contributed by atoms with Gasteiger partial charge >= 0.3 is 0 Å². The summed E-state index contributed by atoms with van der Waals surface area (Å²) < 4.78 is 55.4. The van der Waals surface area contributed by atoms with Crippen LogP contribution in [0.1, 0.15) is 42.7 Å². The van der Waals surface area contributed by atoms with E-state index in [9.17, 15) is 23.2 Å². The Hall–Kier alpha value is -2.90. The smallest absolute Gasteiger partial charge is 0.249 e. The number of methoxy groups -OCH3 is 1. The fourth-order valence-electron chi connectivity index (χ4n) is 8.11. The van der Waals surface area contributed by atoms with Crippen molar-refractivity contribution in [3.63, 3.8) is 0 Å². The summed E-state index contributed by atoms with van der Waals surface area (Å²) in [5, 5.41) is 12.0. The van der Waals surface area contributed by atoms with E-state index in [-0.39, 0.29) is 35.9 Å². The van der Waals surface area contributed by atoms with Gasteiger partial charge in [0.25, 0.3) is 0 Å². The molecule has 3 aliphatic heterocycles. The average molecular weight is 684 g/mol. The highest BCUT2D eigenvalue weighted by Crippen LogP contribution is 2.68. The van der Waals surface area contributed by atoms with Gasteiger partial charge in [0, 0.05) is 41.2 Å². The lowest BCUT2D eigenvalue weighted by molar-refractivity contribution is -0.137. The molecule has 0 unspecified atom stereocenters. The molecule has 3 heterocycles. The van der Waals surface area contributed by atoms with Gasteiger partial charge in [0.15, 0.2) is 0 Å². The number of benzene rings is 2. The number of nitrogens with one attached hydrogen (secondary N) is 4. The van der Waals surface area contributed by atoms with Gasteiger partial charge in [-0.15, -0.1) is 0 Å². The van der Waals surface area contributed by atoms with Crippen LogP contribution in [-0.2, 0) is 29.3 Å². The number of hydrogen-bond donors (Lipinski definition) is 4. The zero-order chi connectivity index (χ0) is 32.9. The van der Waals surface area contributed by atoms with Crippen molar-refractivity contribution >= 4 is 46.6 Å². The molecule has 3 amide bonds. The number of anilines is 1. The summed E-state index contributed by atoms with van der Waals surface area (Å²) in [7, 11) is 1.53. The number of halogens is 5. The molecule has 0 aromatic heterocycles. The third kappa shape index (κ3) is 5.17. The number of carbonyl (C=O) groups is 3. The highest BCUT2D eigenvalue weighted by molar-refractivity contribution is 6.31. The zero-order valence-corrected chi connectivity index (χ0v) is 26.6. The molecule has 248 valence electrons. The summed E-state index contributed by atoms with van der Waals surface area (Å²) >= 11 is 12.5. The van der Waals surface area contributed by atoms with Crippen LogP contribution in [0.5, 0.6) is 0 Å². The van der Waals surface area contributed by atoms with E-state index in [0.29, 0.717) is 42.3 Å². The van der Waals surface area contributed by atoms with Gasteiger partial charge in [-0.2, -0.15) is 0 Å². The summed E-state index contributed by atoms with van der Waals surface area (Å²) in [6, 6.07) is 7.47. The Morgan fingerprint density at radius 3 is 2.54 bits per heavy atom. The minimum absolute atomic E-state index is 0.0145. The van der Waals surface area contributed by atoms with Crippen LogP contribution in [-0.4, -0.2) is 81.7 Å². The maximum atomic E-state index is 16.0. The first-order valence-electron chi connectivity index (χ1n) is 15.2. The molecule has 4 aliphatic rings. The first kappa shape index (κ1) is 33.0. The van der Waals surface area contributed by atoms with Gasteiger partial charge < -0.3 is 25.4 Å². The number of rotatable bonds is 9. The minimum atomic E-state index is -1.65. The molecule has 0 bridgehead atoms. The minimum Gasteiger partial charge on any atom is -0.383 e. The van der Waals surface area contributed by atoms with Gasteiger partial charge in [0.1, 0.15) is 17.3 Å². The Morgan fingerprint density at radius 2 is 1.87 bits per heavy atom. The molecule has 2 aromatic rings. The molecular weight excluding hydrogens is 648 g/mol. The van der Waals surface area contributed by atoms with Gasteiger partial charge in [-0.3, -0.25) is 28.5 Å².